The Bertz CT molecular complexity index is 408. The number of nitrogens with zero attached hydrogens (tertiary/aromatic N) is 4. The first-order valence-corrected chi connectivity index (χ1v) is 5.70. The molecule has 5 nitrogen and oxygen atoms in total. The van der Waals surface area contributed by atoms with E-state index in [2.05, 4.69) is 23.8 Å². The van der Waals surface area contributed by atoms with Crippen LogP contribution in [0.3, 0.4) is 0 Å². The number of nitriles is 1. The molecule has 1 aromatic rings. The highest BCUT2D eigenvalue weighted by Crippen LogP contribution is 2.18. The van der Waals surface area contributed by atoms with Gasteiger partial charge in [-0.15, -0.1) is 0 Å². The third-order valence-electron chi connectivity index (χ3n) is 2.59. The lowest BCUT2D eigenvalue weighted by Gasteiger charge is -2.31. The molecular formula is C12H19N5. The molecule has 0 saturated carbocycles. The van der Waals surface area contributed by atoms with E-state index in [9.17, 15) is 0 Å². The number of hydrogen-bond donors (Lipinski definition) is 1. The molecule has 5 heteroatoms. The van der Waals surface area contributed by atoms with E-state index in [0.29, 0.717) is 18.2 Å². The van der Waals surface area contributed by atoms with Crippen LogP contribution < -0.4 is 10.6 Å². The maximum Gasteiger partial charge on any atom is 0.226 e. The van der Waals surface area contributed by atoms with Crippen molar-refractivity contribution in [3.05, 3.63) is 18.0 Å². The molecule has 0 aliphatic heterocycles. The van der Waals surface area contributed by atoms with Gasteiger partial charge in [-0.2, -0.15) is 5.26 Å². The maximum atomic E-state index is 8.82. The second-order valence-corrected chi connectivity index (χ2v) is 4.74. The van der Waals surface area contributed by atoms with Crippen LogP contribution in [0.15, 0.2) is 12.3 Å². The van der Waals surface area contributed by atoms with E-state index < -0.39 is 0 Å². The summed E-state index contributed by atoms with van der Waals surface area (Å²) in [6.07, 6.45) is 1.61. The molecule has 0 spiro atoms. The summed E-state index contributed by atoms with van der Waals surface area (Å²) in [7, 11) is 0. The molecule has 1 heterocycles. The van der Waals surface area contributed by atoms with Crippen molar-refractivity contribution in [2.75, 3.05) is 24.5 Å². The van der Waals surface area contributed by atoms with Gasteiger partial charge in [0, 0.05) is 19.3 Å². The van der Waals surface area contributed by atoms with Crippen molar-refractivity contribution in [1.29, 1.82) is 5.26 Å². The van der Waals surface area contributed by atoms with E-state index >= 15 is 0 Å². The fourth-order valence-electron chi connectivity index (χ4n) is 1.47. The van der Waals surface area contributed by atoms with Gasteiger partial charge in [0.1, 0.15) is 11.8 Å². The predicted octanol–water partition coefficient (Wildman–Crippen LogP) is 1.16. The van der Waals surface area contributed by atoms with Crippen molar-refractivity contribution in [3.8, 4) is 6.07 Å². The number of aromatic nitrogens is 2. The van der Waals surface area contributed by atoms with Gasteiger partial charge in [0.2, 0.25) is 5.95 Å². The van der Waals surface area contributed by atoms with Gasteiger partial charge in [0.25, 0.3) is 0 Å². The Morgan fingerprint density at radius 2 is 2.24 bits per heavy atom. The highest BCUT2D eigenvalue weighted by molar-refractivity contribution is 5.33. The molecule has 92 valence electrons. The first-order chi connectivity index (χ1) is 8.02. The van der Waals surface area contributed by atoms with E-state index in [4.69, 9.17) is 11.0 Å². The van der Waals surface area contributed by atoms with E-state index in [1.54, 1.807) is 12.3 Å². The Hall–Kier alpha value is -1.67. The largest absolute Gasteiger partial charge is 0.340 e. The molecule has 0 radical (unpaired) electrons. The second kappa shape index (κ2) is 5.60. The highest BCUT2D eigenvalue weighted by atomic mass is 15.2. The zero-order chi connectivity index (χ0) is 12.9. The quantitative estimate of drug-likeness (QED) is 0.825. The lowest BCUT2D eigenvalue weighted by molar-refractivity contribution is 0.377. The van der Waals surface area contributed by atoms with E-state index in [0.717, 1.165) is 13.1 Å². The summed E-state index contributed by atoms with van der Waals surface area (Å²) >= 11 is 0. The summed E-state index contributed by atoms with van der Waals surface area (Å²) in [5.74, 6) is 0.591. The third-order valence-corrected chi connectivity index (χ3v) is 2.59. The Labute approximate surface area is 102 Å². The normalized spacial score (nSPS) is 11.0. The van der Waals surface area contributed by atoms with Crippen molar-refractivity contribution >= 4 is 5.95 Å². The molecule has 0 bridgehead atoms. The molecule has 0 aliphatic rings. The topological polar surface area (TPSA) is 78.8 Å². The van der Waals surface area contributed by atoms with E-state index in [1.165, 1.54) is 0 Å². The molecule has 0 aliphatic carbocycles. The maximum absolute atomic E-state index is 8.82. The summed E-state index contributed by atoms with van der Waals surface area (Å²) in [5.41, 5.74) is 6.11. The van der Waals surface area contributed by atoms with Gasteiger partial charge in [-0.05, 0) is 24.9 Å². The van der Waals surface area contributed by atoms with Gasteiger partial charge < -0.3 is 10.6 Å². The van der Waals surface area contributed by atoms with Crippen LogP contribution in [0.25, 0.3) is 0 Å². The predicted molar refractivity (Wildman–Crippen MR) is 67.5 cm³/mol. The molecule has 1 rings (SSSR count). The minimum Gasteiger partial charge on any atom is -0.340 e. The lowest BCUT2D eigenvalue weighted by atomic mass is 9.93. The van der Waals surface area contributed by atoms with Crippen LogP contribution in [0.4, 0.5) is 5.95 Å². The molecule has 2 N–H and O–H groups in total. The fraction of sp³-hybridized carbons (Fsp3) is 0.583. The van der Waals surface area contributed by atoms with Gasteiger partial charge in [-0.3, -0.25) is 0 Å². The highest BCUT2D eigenvalue weighted by Gasteiger charge is 2.21. The molecule has 17 heavy (non-hydrogen) atoms. The van der Waals surface area contributed by atoms with Crippen molar-refractivity contribution in [3.63, 3.8) is 0 Å². The summed E-state index contributed by atoms with van der Waals surface area (Å²) < 4.78 is 0. The van der Waals surface area contributed by atoms with Crippen LogP contribution in [-0.2, 0) is 0 Å². The Morgan fingerprint density at radius 1 is 1.53 bits per heavy atom. The van der Waals surface area contributed by atoms with Gasteiger partial charge >= 0.3 is 0 Å². The first-order valence-electron chi connectivity index (χ1n) is 5.70. The minimum atomic E-state index is 0.00200. The Balaban J connectivity index is 2.90. The van der Waals surface area contributed by atoms with E-state index in [1.807, 2.05) is 17.9 Å². The average Bonchev–Trinajstić information content (AvgIpc) is 2.36. The van der Waals surface area contributed by atoms with Crippen LogP contribution in [0.1, 0.15) is 26.5 Å². The minimum absolute atomic E-state index is 0.00200. The molecule has 0 aromatic carbocycles. The van der Waals surface area contributed by atoms with Gasteiger partial charge in [-0.1, -0.05) is 13.8 Å². The molecule has 0 saturated heterocycles. The molecule has 0 atom stereocenters. The zero-order valence-corrected chi connectivity index (χ0v) is 10.6. The van der Waals surface area contributed by atoms with Gasteiger partial charge in [-0.25, -0.2) is 9.97 Å². The Kier molecular flexibility index (Phi) is 4.41. The summed E-state index contributed by atoms with van der Waals surface area (Å²) in [6, 6.07) is 3.62. The SMILES string of the molecule is CCN(CC(C)(C)CN)c1nccc(C#N)n1. The molecule has 0 amide bonds. The molecular weight excluding hydrogens is 214 g/mol. The summed E-state index contributed by atoms with van der Waals surface area (Å²) in [5, 5.41) is 8.82. The standard InChI is InChI=1S/C12H19N5/c1-4-17(9-12(2,3)8-14)11-15-6-5-10(7-13)16-11/h5-6H,4,8-9,14H2,1-3H3. The smallest absolute Gasteiger partial charge is 0.226 e. The number of anilines is 1. The van der Waals surface area contributed by atoms with Crippen LogP contribution in [0.2, 0.25) is 0 Å². The summed E-state index contributed by atoms with van der Waals surface area (Å²) in [6.45, 7) is 8.40. The van der Waals surface area contributed by atoms with E-state index in [-0.39, 0.29) is 5.41 Å². The summed E-state index contributed by atoms with van der Waals surface area (Å²) in [4.78, 5) is 10.4. The van der Waals surface area contributed by atoms with Crippen LogP contribution in [0.5, 0.6) is 0 Å². The monoisotopic (exact) mass is 233 g/mol. The molecule has 0 unspecified atom stereocenters. The third kappa shape index (κ3) is 3.68. The van der Waals surface area contributed by atoms with Crippen LogP contribution in [0, 0.1) is 16.7 Å². The number of hydrogen-bond acceptors (Lipinski definition) is 5. The fourth-order valence-corrected chi connectivity index (χ4v) is 1.47. The zero-order valence-electron chi connectivity index (χ0n) is 10.6. The first kappa shape index (κ1) is 13.4. The van der Waals surface area contributed by atoms with Gasteiger partial charge in [0.05, 0.1) is 0 Å². The van der Waals surface area contributed by atoms with Crippen molar-refractivity contribution in [2.24, 2.45) is 11.1 Å². The van der Waals surface area contributed by atoms with Crippen LogP contribution in [-0.4, -0.2) is 29.6 Å². The van der Waals surface area contributed by atoms with Gasteiger partial charge in [0.15, 0.2) is 0 Å². The lowest BCUT2D eigenvalue weighted by Crippen LogP contribution is -2.39. The second-order valence-electron chi connectivity index (χ2n) is 4.74. The molecule has 1 aromatic heterocycles. The number of rotatable bonds is 5. The average molecular weight is 233 g/mol. The molecule has 0 fully saturated rings. The van der Waals surface area contributed by atoms with Crippen molar-refractivity contribution < 1.29 is 0 Å². The van der Waals surface area contributed by atoms with Crippen LogP contribution >= 0.6 is 0 Å². The number of nitrogens with two attached hydrogens (primary N) is 1. The Morgan fingerprint density at radius 3 is 2.76 bits per heavy atom. The van der Waals surface area contributed by atoms with Crippen molar-refractivity contribution in [1.82, 2.24) is 9.97 Å². The van der Waals surface area contributed by atoms with Crippen molar-refractivity contribution in [2.45, 2.75) is 20.8 Å².